The van der Waals surface area contributed by atoms with E-state index in [2.05, 4.69) is 15.4 Å². The minimum atomic E-state index is -0.204. The minimum Gasteiger partial charge on any atom is -0.436 e. The van der Waals surface area contributed by atoms with Crippen molar-refractivity contribution in [1.82, 2.24) is 20.1 Å². The predicted molar refractivity (Wildman–Crippen MR) is 72.3 cm³/mol. The SMILES string of the molecule is Cc1nc(C)c(C(=O)N[C@H]2CCCc3c2cnn3C)o1. The number of rotatable bonds is 2. The van der Waals surface area contributed by atoms with Crippen LogP contribution in [0.4, 0.5) is 0 Å². The number of aryl methyl sites for hydroxylation is 3. The Hall–Kier alpha value is -2.11. The Labute approximate surface area is 117 Å². The molecule has 1 amide bonds. The highest BCUT2D eigenvalue weighted by Crippen LogP contribution is 2.29. The van der Waals surface area contributed by atoms with Gasteiger partial charge in [-0.25, -0.2) is 4.98 Å². The summed E-state index contributed by atoms with van der Waals surface area (Å²) in [5.74, 6) is 0.613. The molecule has 6 nitrogen and oxygen atoms in total. The van der Waals surface area contributed by atoms with Crippen LogP contribution in [0.3, 0.4) is 0 Å². The summed E-state index contributed by atoms with van der Waals surface area (Å²) in [6, 6.07) is 0.00440. The van der Waals surface area contributed by atoms with Gasteiger partial charge in [0.2, 0.25) is 5.76 Å². The Kier molecular flexibility index (Phi) is 3.08. The third kappa shape index (κ3) is 2.11. The van der Waals surface area contributed by atoms with Crippen molar-refractivity contribution in [2.45, 2.75) is 39.2 Å². The maximum atomic E-state index is 12.3. The number of carbonyl (C=O) groups is 1. The quantitative estimate of drug-likeness (QED) is 0.906. The molecule has 1 aliphatic rings. The summed E-state index contributed by atoms with van der Waals surface area (Å²) in [5, 5.41) is 7.31. The summed E-state index contributed by atoms with van der Waals surface area (Å²) in [6.45, 7) is 3.52. The van der Waals surface area contributed by atoms with Crippen LogP contribution in [0, 0.1) is 13.8 Å². The lowest BCUT2D eigenvalue weighted by molar-refractivity contribution is 0.0902. The number of amides is 1. The Morgan fingerprint density at radius 2 is 2.30 bits per heavy atom. The average molecular weight is 274 g/mol. The summed E-state index contributed by atoms with van der Waals surface area (Å²) < 4.78 is 7.25. The van der Waals surface area contributed by atoms with Gasteiger partial charge in [-0.3, -0.25) is 9.48 Å². The molecule has 0 aliphatic heterocycles. The van der Waals surface area contributed by atoms with Gasteiger partial charge in [0.1, 0.15) is 0 Å². The van der Waals surface area contributed by atoms with Gasteiger partial charge in [0, 0.05) is 25.2 Å². The van der Waals surface area contributed by atoms with E-state index in [4.69, 9.17) is 4.42 Å². The van der Waals surface area contributed by atoms with E-state index in [1.807, 2.05) is 17.9 Å². The fraction of sp³-hybridized carbons (Fsp3) is 0.500. The number of aromatic nitrogens is 3. The molecular weight excluding hydrogens is 256 g/mol. The molecule has 2 heterocycles. The van der Waals surface area contributed by atoms with Gasteiger partial charge < -0.3 is 9.73 Å². The first kappa shape index (κ1) is 12.9. The number of carbonyl (C=O) groups excluding carboxylic acids is 1. The largest absolute Gasteiger partial charge is 0.436 e. The van der Waals surface area contributed by atoms with E-state index in [1.54, 1.807) is 13.8 Å². The van der Waals surface area contributed by atoms with E-state index in [-0.39, 0.29) is 11.9 Å². The first-order chi connectivity index (χ1) is 9.56. The van der Waals surface area contributed by atoms with Crippen molar-refractivity contribution in [2.75, 3.05) is 0 Å². The lowest BCUT2D eigenvalue weighted by Gasteiger charge is -2.23. The molecule has 0 spiro atoms. The summed E-state index contributed by atoms with van der Waals surface area (Å²) >= 11 is 0. The molecule has 0 saturated carbocycles. The minimum absolute atomic E-state index is 0.00440. The van der Waals surface area contributed by atoms with E-state index >= 15 is 0 Å². The maximum Gasteiger partial charge on any atom is 0.289 e. The summed E-state index contributed by atoms with van der Waals surface area (Å²) in [5.41, 5.74) is 2.94. The molecule has 1 N–H and O–H groups in total. The number of hydrogen-bond donors (Lipinski definition) is 1. The second-order valence-corrected chi connectivity index (χ2v) is 5.24. The van der Waals surface area contributed by atoms with Crippen LogP contribution in [-0.2, 0) is 13.5 Å². The van der Waals surface area contributed by atoms with Crippen molar-refractivity contribution in [3.8, 4) is 0 Å². The molecule has 0 saturated heterocycles. The van der Waals surface area contributed by atoms with E-state index in [0.717, 1.165) is 24.8 Å². The fourth-order valence-electron chi connectivity index (χ4n) is 2.82. The van der Waals surface area contributed by atoms with Crippen LogP contribution in [0.5, 0.6) is 0 Å². The van der Waals surface area contributed by atoms with Crippen molar-refractivity contribution in [2.24, 2.45) is 7.05 Å². The standard InChI is InChI=1S/C14H18N4O2/c1-8-13(20-9(2)16-8)14(19)17-11-5-4-6-12-10(11)7-15-18(12)3/h7,11H,4-6H2,1-3H3,(H,17,19)/t11-/m0/s1. The van der Waals surface area contributed by atoms with Gasteiger partial charge in [0.15, 0.2) is 5.89 Å². The van der Waals surface area contributed by atoms with Gasteiger partial charge in [0.05, 0.1) is 17.9 Å². The molecule has 0 fully saturated rings. The molecule has 0 aromatic carbocycles. The first-order valence-electron chi connectivity index (χ1n) is 6.82. The molecule has 2 aromatic rings. The van der Waals surface area contributed by atoms with Crippen LogP contribution < -0.4 is 5.32 Å². The van der Waals surface area contributed by atoms with Crippen LogP contribution in [0.15, 0.2) is 10.6 Å². The van der Waals surface area contributed by atoms with Gasteiger partial charge in [-0.2, -0.15) is 5.10 Å². The summed E-state index contributed by atoms with van der Waals surface area (Å²) in [6.07, 6.45) is 4.83. The van der Waals surface area contributed by atoms with Crippen molar-refractivity contribution >= 4 is 5.91 Å². The number of hydrogen-bond acceptors (Lipinski definition) is 4. The van der Waals surface area contributed by atoms with Crippen LogP contribution in [-0.4, -0.2) is 20.7 Å². The Morgan fingerprint density at radius 1 is 1.50 bits per heavy atom. The smallest absolute Gasteiger partial charge is 0.289 e. The number of oxazole rings is 1. The molecule has 0 radical (unpaired) electrons. The lowest BCUT2D eigenvalue weighted by Crippen LogP contribution is -2.31. The molecule has 20 heavy (non-hydrogen) atoms. The zero-order valence-corrected chi connectivity index (χ0v) is 11.9. The molecule has 3 rings (SSSR count). The molecule has 1 atom stereocenters. The Bertz CT molecular complexity index is 656. The van der Waals surface area contributed by atoms with Crippen molar-refractivity contribution in [3.05, 3.63) is 34.8 Å². The second kappa shape index (κ2) is 4.77. The van der Waals surface area contributed by atoms with Gasteiger partial charge in [-0.05, 0) is 26.2 Å². The highest BCUT2D eigenvalue weighted by molar-refractivity contribution is 5.92. The van der Waals surface area contributed by atoms with Gasteiger partial charge in [-0.1, -0.05) is 0 Å². The van der Waals surface area contributed by atoms with Crippen LogP contribution in [0.1, 0.15) is 52.3 Å². The third-order valence-electron chi connectivity index (χ3n) is 3.79. The Balaban J connectivity index is 1.82. The number of fused-ring (bicyclic) bond motifs is 1. The zero-order valence-electron chi connectivity index (χ0n) is 11.9. The first-order valence-corrected chi connectivity index (χ1v) is 6.82. The molecule has 0 unspecified atom stereocenters. The van der Waals surface area contributed by atoms with E-state index in [1.165, 1.54) is 5.69 Å². The molecule has 1 aliphatic carbocycles. The zero-order chi connectivity index (χ0) is 14.3. The maximum absolute atomic E-state index is 12.3. The fourth-order valence-corrected chi connectivity index (χ4v) is 2.82. The van der Waals surface area contributed by atoms with Crippen molar-refractivity contribution in [3.63, 3.8) is 0 Å². The highest BCUT2D eigenvalue weighted by Gasteiger charge is 2.26. The number of nitrogens with one attached hydrogen (secondary N) is 1. The second-order valence-electron chi connectivity index (χ2n) is 5.24. The Morgan fingerprint density at radius 3 is 3.00 bits per heavy atom. The van der Waals surface area contributed by atoms with Gasteiger partial charge in [-0.15, -0.1) is 0 Å². The molecule has 6 heteroatoms. The highest BCUT2D eigenvalue weighted by atomic mass is 16.4. The lowest BCUT2D eigenvalue weighted by atomic mass is 9.93. The van der Waals surface area contributed by atoms with Gasteiger partial charge in [0.25, 0.3) is 5.91 Å². The molecular formula is C14H18N4O2. The topological polar surface area (TPSA) is 73.0 Å². The monoisotopic (exact) mass is 274 g/mol. The van der Waals surface area contributed by atoms with Crippen molar-refractivity contribution < 1.29 is 9.21 Å². The third-order valence-corrected chi connectivity index (χ3v) is 3.79. The van der Waals surface area contributed by atoms with Crippen LogP contribution >= 0.6 is 0 Å². The van der Waals surface area contributed by atoms with E-state index in [0.29, 0.717) is 17.3 Å². The van der Waals surface area contributed by atoms with Crippen molar-refractivity contribution in [1.29, 1.82) is 0 Å². The summed E-state index contributed by atoms with van der Waals surface area (Å²) in [7, 11) is 1.94. The molecule has 0 bridgehead atoms. The van der Waals surface area contributed by atoms with Crippen LogP contribution in [0.25, 0.3) is 0 Å². The average Bonchev–Trinajstić information content (AvgIpc) is 2.94. The van der Waals surface area contributed by atoms with E-state index < -0.39 is 0 Å². The normalized spacial score (nSPS) is 17.9. The van der Waals surface area contributed by atoms with E-state index in [9.17, 15) is 4.79 Å². The van der Waals surface area contributed by atoms with Crippen LogP contribution in [0.2, 0.25) is 0 Å². The molecule has 106 valence electrons. The summed E-state index contributed by atoms with van der Waals surface area (Å²) in [4.78, 5) is 16.4. The number of nitrogens with zero attached hydrogens (tertiary/aromatic N) is 3. The molecule has 2 aromatic heterocycles. The van der Waals surface area contributed by atoms with Gasteiger partial charge >= 0.3 is 0 Å². The predicted octanol–water partition coefficient (Wildman–Crippen LogP) is 1.83.